The number of aromatic nitrogens is 1. The summed E-state index contributed by atoms with van der Waals surface area (Å²) in [5.41, 5.74) is 1.05. The van der Waals surface area contributed by atoms with E-state index in [1.807, 2.05) is 29.2 Å². The highest BCUT2D eigenvalue weighted by molar-refractivity contribution is 6.30. The molecule has 0 N–H and O–H groups in total. The second-order valence-corrected chi connectivity index (χ2v) is 8.28. The van der Waals surface area contributed by atoms with Crippen LogP contribution in [0.25, 0.3) is 0 Å². The van der Waals surface area contributed by atoms with Gasteiger partial charge in [-0.2, -0.15) is 0 Å². The number of benzene rings is 1. The molecule has 0 saturated carbocycles. The minimum Gasteiger partial charge on any atom is -0.443 e. The first kappa shape index (κ1) is 20.0. The van der Waals surface area contributed by atoms with Crippen molar-refractivity contribution in [3.05, 3.63) is 52.7 Å². The molecular weight excluding hydrogens is 390 g/mol. The number of hydrogen-bond donors (Lipinski definition) is 0. The summed E-state index contributed by atoms with van der Waals surface area (Å²) in [5.74, 6) is 1.41. The standard InChI is InChI=1S/C22H26ClN3O3/c23-17-7-4-6-16(12-17)13-18-14-24-22(29-18)19-8-5-11-26(19)21(28)15-25-10-3-1-2-9-20(25)27/h4,6-7,12,14,19H,1-3,5,8-11,13,15H2/t19-/m0/s1. The van der Waals surface area contributed by atoms with E-state index < -0.39 is 0 Å². The highest BCUT2D eigenvalue weighted by Crippen LogP contribution is 2.32. The van der Waals surface area contributed by atoms with Crippen LogP contribution in [-0.2, 0) is 16.0 Å². The molecule has 0 aliphatic carbocycles. The van der Waals surface area contributed by atoms with Crippen LogP contribution in [0.3, 0.4) is 0 Å². The first-order valence-corrected chi connectivity index (χ1v) is 10.7. The summed E-state index contributed by atoms with van der Waals surface area (Å²) in [4.78, 5) is 33.2. The number of rotatable bonds is 5. The van der Waals surface area contributed by atoms with Crippen molar-refractivity contribution in [2.45, 2.75) is 51.0 Å². The number of nitrogens with zero attached hydrogens (tertiary/aromatic N) is 3. The number of amides is 2. The van der Waals surface area contributed by atoms with Crippen LogP contribution in [0, 0.1) is 0 Å². The molecule has 2 aliphatic heterocycles. The van der Waals surface area contributed by atoms with Crippen molar-refractivity contribution < 1.29 is 14.0 Å². The van der Waals surface area contributed by atoms with Gasteiger partial charge in [0.05, 0.1) is 12.7 Å². The van der Waals surface area contributed by atoms with Gasteiger partial charge in [0.15, 0.2) is 0 Å². The molecule has 1 aromatic carbocycles. The summed E-state index contributed by atoms with van der Waals surface area (Å²) in [6, 6.07) is 7.51. The molecule has 2 aliphatic rings. The van der Waals surface area contributed by atoms with Crippen LogP contribution in [0.2, 0.25) is 5.02 Å². The number of likely N-dealkylation sites (tertiary alicyclic amines) is 2. The molecule has 4 rings (SSSR count). The third-order valence-electron chi connectivity index (χ3n) is 5.69. The van der Waals surface area contributed by atoms with Crippen LogP contribution in [0.5, 0.6) is 0 Å². The number of carbonyl (C=O) groups is 2. The summed E-state index contributed by atoms with van der Waals surface area (Å²) in [5, 5.41) is 0.692. The molecule has 2 aromatic rings. The summed E-state index contributed by atoms with van der Waals surface area (Å²) in [7, 11) is 0. The molecule has 3 heterocycles. The first-order valence-electron chi connectivity index (χ1n) is 10.4. The van der Waals surface area contributed by atoms with Gasteiger partial charge in [0, 0.05) is 31.0 Å². The Morgan fingerprint density at radius 1 is 1.21 bits per heavy atom. The summed E-state index contributed by atoms with van der Waals surface area (Å²) < 4.78 is 5.99. The molecule has 29 heavy (non-hydrogen) atoms. The summed E-state index contributed by atoms with van der Waals surface area (Å²) >= 11 is 6.06. The van der Waals surface area contributed by atoms with Gasteiger partial charge in [0.25, 0.3) is 0 Å². The fourth-order valence-corrected chi connectivity index (χ4v) is 4.40. The summed E-state index contributed by atoms with van der Waals surface area (Å²) in [6.45, 7) is 1.51. The second-order valence-electron chi connectivity index (χ2n) is 7.84. The van der Waals surface area contributed by atoms with E-state index in [9.17, 15) is 9.59 Å². The number of halogens is 1. The topological polar surface area (TPSA) is 66.7 Å². The van der Waals surface area contributed by atoms with E-state index in [2.05, 4.69) is 4.98 Å². The van der Waals surface area contributed by atoms with Crippen LogP contribution < -0.4 is 0 Å². The van der Waals surface area contributed by atoms with E-state index >= 15 is 0 Å². The minimum absolute atomic E-state index is 0.0164. The van der Waals surface area contributed by atoms with E-state index in [0.717, 1.165) is 43.4 Å². The highest BCUT2D eigenvalue weighted by atomic mass is 35.5. The van der Waals surface area contributed by atoms with Crippen molar-refractivity contribution in [2.75, 3.05) is 19.6 Å². The fraction of sp³-hybridized carbons (Fsp3) is 0.500. The van der Waals surface area contributed by atoms with Gasteiger partial charge in [-0.25, -0.2) is 4.98 Å². The van der Waals surface area contributed by atoms with E-state index in [0.29, 0.717) is 36.8 Å². The Balaban J connectivity index is 1.42. The Kier molecular flexibility index (Phi) is 6.19. The van der Waals surface area contributed by atoms with Gasteiger partial charge >= 0.3 is 0 Å². The molecule has 6 nitrogen and oxygen atoms in total. The Morgan fingerprint density at radius 2 is 2.10 bits per heavy atom. The summed E-state index contributed by atoms with van der Waals surface area (Å²) in [6.07, 6.45) is 7.56. The van der Waals surface area contributed by atoms with Crippen LogP contribution in [-0.4, -0.2) is 46.2 Å². The van der Waals surface area contributed by atoms with Gasteiger partial charge in [-0.15, -0.1) is 0 Å². The fourth-order valence-electron chi connectivity index (χ4n) is 4.19. The van der Waals surface area contributed by atoms with E-state index in [4.69, 9.17) is 16.0 Å². The normalized spacial score (nSPS) is 20.2. The van der Waals surface area contributed by atoms with Crippen molar-refractivity contribution in [3.63, 3.8) is 0 Å². The maximum atomic E-state index is 12.9. The van der Waals surface area contributed by atoms with Crippen molar-refractivity contribution in [1.29, 1.82) is 0 Å². The van der Waals surface area contributed by atoms with Gasteiger partial charge in [-0.1, -0.05) is 30.2 Å². The van der Waals surface area contributed by atoms with E-state index in [1.165, 1.54) is 0 Å². The molecule has 154 valence electrons. The van der Waals surface area contributed by atoms with Gasteiger partial charge in [-0.05, 0) is 43.4 Å². The molecule has 1 atom stereocenters. The lowest BCUT2D eigenvalue weighted by Crippen LogP contribution is -2.42. The zero-order valence-corrected chi connectivity index (χ0v) is 17.2. The molecule has 7 heteroatoms. The monoisotopic (exact) mass is 415 g/mol. The number of oxazole rings is 1. The predicted octanol–water partition coefficient (Wildman–Crippen LogP) is 3.98. The van der Waals surface area contributed by atoms with Gasteiger partial charge in [0.1, 0.15) is 11.8 Å². The molecule has 2 saturated heterocycles. The predicted molar refractivity (Wildman–Crippen MR) is 109 cm³/mol. The Bertz CT molecular complexity index is 882. The molecular formula is C22H26ClN3O3. The molecule has 0 radical (unpaired) electrons. The lowest BCUT2D eigenvalue weighted by atomic mass is 10.1. The van der Waals surface area contributed by atoms with Crippen LogP contribution in [0.15, 0.2) is 34.9 Å². The Morgan fingerprint density at radius 3 is 2.97 bits per heavy atom. The van der Waals surface area contributed by atoms with Gasteiger partial charge in [0.2, 0.25) is 17.7 Å². The van der Waals surface area contributed by atoms with Crippen molar-refractivity contribution in [2.24, 2.45) is 0 Å². The van der Waals surface area contributed by atoms with E-state index in [1.54, 1.807) is 11.1 Å². The maximum Gasteiger partial charge on any atom is 0.242 e. The Hall–Kier alpha value is -2.34. The molecule has 0 unspecified atom stereocenters. The third kappa shape index (κ3) is 4.81. The second kappa shape index (κ2) is 8.99. The zero-order valence-electron chi connectivity index (χ0n) is 16.5. The van der Waals surface area contributed by atoms with Crippen LogP contribution >= 0.6 is 11.6 Å². The third-order valence-corrected chi connectivity index (χ3v) is 5.93. The number of carbonyl (C=O) groups excluding carboxylic acids is 2. The van der Waals surface area contributed by atoms with Crippen LogP contribution in [0.4, 0.5) is 0 Å². The van der Waals surface area contributed by atoms with Crippen LogP contribution in [0.1, 0.15) is 61.8 Å². The minimum atomic E-state index is -0.155. The highest BCUT2D eigenvalue weighted by Gasteiger charge is 2.34. The Labute approximate surface area is 175 Å². The van der Waals surface area contributed by atoms with Crippen molar-refractivity contribution in [1.82, 2.24) is 14.8 Å². The average Bonchev–Trinajstić information content (AvgIpc) is 3.31. The van der Waals surface area contributed by atoms with E-state index in [-0.39, 0.29) is 24.4 Å². The largest absolute Gasteiger partial charge is 0.443 e. The van der Waals surface area contributed by atoms with Gasteiger partial charge in [-0.3, -0.25) is 9.59 Å². The number of hydrogen-bond acceptors (Lipinski definition) is 4. The zero-order chi connectivity index (χ0) is 20.2. The van der Waals surface area contributed by atoms with Crippen molar-refractivity contribution in [3.8, 4) is 0 Å². The smallest absolute Gasteiger partial charge is 0.242 e. The maximum absolute atomic E-state index is 12.9. The first-order chi connectivity index (χ1) is 14.1. The lowest BCUT2D eigenvalue weighted by molar-refractivity contribution is -0.141. The van der Waals surface area contributed by atoms with Crippen molar-refractivity contribution >= 4 is 23.4 Å². The lowest BCUT2D eigenvalue weighted by Gasteiger charge is -2.26. The molecule has 0 bridgehead atoms. The van der Waals surface area contributed by atoms with Gasteiger partial charge < -0.3 is 14.2 Å². The molecule has 2 fully saturated rings. The SMILES string of the molecule is O=C1CCCCCN1CC(=O)N1CCC[C@H]1c1ncc(Cc2cccc(Cl)c2)o1. The quantitative estimate of drug-likeness (QED) is 0.740. The molecule has 2 amide bonds. The molecule has 1 aromatic heterocycles. The molecule has 0 spiro atoms. The average molecular weight is 416 g/mol.